The van der Waals surface area contributed by atoms with E-state index in [0.717, 1.165) is 11.3 Å². The van der Waals surface area contributed by atoms with Gasteiger partial charge in [-0.25, -0.2) is 4.99 Å². The Kier molecular flexibility index (Phi) is 4.97. The van der Waals surface area contributed by atoms with Gasteiger partial charge in [0.1, 0.15) is 0 Å². The minimum Gasteiger partial charge on any atom is -0.337 e. The lowest BCUT2D eigenvalue weighted by Gasteiger charge is -2.35. The van der Waals surface area contributed by atoms with E-state index in [1.165, 1.54) is 5.56 Å². The number of hydrogen-bond acceptors (Lipinski definition) is 2. The van der Waals surface area contributed by atoms with E-state index in [4.69, 9.17) is 0 Å². The van der Waals surface area contributed by atoms with Crippen molar-refractivity contribution in [3.8, 4) is 0 Å². The van der Waals surface area contributed by atoms with Crippen LogP contribution in [0.25, 0.3) is 0 Å². The fourth-order valence-corrected chi connectivity index (χ4v) is 3.27. The van der Waals surface area contributed by atoms with Gasteiger partial charge >= 0.3 is 0 Å². The Morgan fingerprint density at radius 1 is 0.852 bits per heavy atom. The Bertz CT molecular complexity index is 924. The van der Waals surface area contributed by atoms with Crippen LogP contribution in [0.4, 0.5) is 5.69 Å². The van der Waals surface area contributed by atoms with Crippen molar-refractivity contribution < 1.29 is 4.79 Å². The van der Waals surface area contributed by atoms with Gasteiger partial charge in [0.05, 0.1) is 11.6 Å². The summed E-state index contributed by atoms with van der Waals surface area (Å²) in [4.78, 5) is 19.6. The lowest BCUT2D eigenvalue weighted by atomic mass is 9.96. The highest BCUT2D eigenvalue weighted by Gasteiger charge is 2.32. The molecule has 1 aliphatic heterocycles. The normalized spacial score (nSPS) is 18.4. The van der Waals surface area contributed by atoms with Gasteiger partial charge in [-0.15, -0.1) is 0 Å². The van der Waals surface area contributed by atoms with Crippen molar-refractivity contribution in [2.75, 3.05) is 6.54 Å². The maximum absolute atomic E-state index is 12.8. The number of para-hydroxylation sites is 1. The summed E-state index contributed by atoms with van der Waals surface area (Å²) in [6.07, 6.45) is 0. The van der Waals surface area contributed by atoms with Gasteiger partial charge in [-0.1, -0.05) is 78.9 Å². The summed E-state index contributed by atoms with van der Waals surface area (Å²) in [7, 11) is 0. The van der Waals surface area contributed by atoms with Crippen LogP contribution in [-0.4, -0.2) is 23.3 Å². The van der Waals surface area contributed by atoms with Crippen molar-refractivity contribution in [3.05, 3.63) is 102 Å². The van der Waals surface area contributed by atoms with Crippen LogP contribution in [0.15, 0.2) is 96.0 Å². The first-order valence-electron chi connectivity index (χ1n) is 9.08. The second-order valence-corrected chi connectivity index (χ2v) is 6.59. The number of carbonyl (C=O) groups is 1. The SMILES string of the molecule is O=C1NC(=Nc2ccccc2)N(Cc2ccccc2)C[C@H]1c1ccccc1. The van der Waals surface area contributed by atoms with Crippen molar-refractivity contribution in [2.24, 2.45) is 4.99 Å². The molecule has 1 N–H and O–H groups in total. The molecule has 0 bridgehead atoms. The van der Waals surface area contributed by atoms with Gasteiger partial charge in [0.2, 0.25) is 11.9 Å². The summed E-state index contributed by atoms with van der Waals surface area (Å²) in [5, 5.41) is 3.02. The molecule has 4 rings (SSSR count). The average molecular weight is 355 g/mol. The molecular formula is C23H21N3O. The third-order valence-electron chi connectivity index (χ3n) is 4.66. The van der Waals surface area contributed by atoms with Gasteiger partial charge in [0.25, 0.3) is 0 Å². The van der Waals surface area contributed by atoms with Crippen LogP contribution in [0.2, 0.25) is 0 Å². The van der Waals surface area contributed by atoms with E-state index in [2.05, 4.69) is 27.3 Å². The zero-order chi connectivity index (χ0) is 18.5. The van der Waals surface area contributed by atoms with Crippen molar-refractivity contribution in [1.29, 1.82) is 0 Å². The first-order valence-corrected chi connectivity index (χ1v) is 9.08. The van der Waals surface area contributed by atoms with E-state index in [1.54, 1.807) is 0 Å². The Balaban J connectivity index is 1.66. The summed E-state index contributed by atoms with van der Waals surface area (Å²) in [6.45, 7) is 1.28. The number of hydrogen-bond donors (Lipinski definition) is 1. The Labute approximate surface area is 159 Å². The van der Waals surface area contributed by atoms with E-state index >= 15 is 0 Å². The van der Waals surface area contributed by atoms with Gasteiger partial charge in [-0.3, -0.25) is 10.1 Å². The van der Waals surface area contributed by atoms with Gasteiger partial charge in [0, 0.05) is 13.1 Å². The van der Waals surface area contributed by atoms with E-state index in [0.29, 0.717) is 19.0 Å². The molecular weight excluding hydrogens is 334 g/mol. The molecule has 3 aromatic carbocycles. The molecule has 0 aromatic heterocycles. The lowest BCUT2D eigenvalue weighted by Crippen LogP contribution is -2.53. The van der Waals surface area contributed by atoms with Crippen LogP contribution in [0.1, 0.15) is 17.0 Å². The Morgan fingerprint density at radius 2 is 1.44 bits per heavy atom. The van der Waals surface area contributed by atoms with E-state index in [9.17, 15) is 4.79 Å². The van der Waals surface area contributed by atoms with Crippen LogP contribution in [-0.2, 0) is 11.3 Å². The highest BCUT2D eigenvalue weighted by molar-refractivity contribution is 6.03. The third-order valence-corrected chi connectivity index (χ3v) is 4.66. The highest BCUT2D eigenvalue weighted by Crippen LogP contribution is 2.23. The van der Waals surface area contributed by atoms with Crippen LogP contribution in [0.3, 0.4) is 0 Å². The number of aliphatic imine (C=N–C) groups is 1. The minimum absolute atomic E-state index is 0.0137. The van der Waals surface area contributed by atoms with Crippen molar-refractivity contribution in [2.45, 2.75) is 12.5 Å². The standard InChI is InChI=1S/C23H21N3O/c27-22-21(19-12-6-2-7-13-19)17-26(16-18-10-4-1-5-11-18)23(25-22)24-20-14-8-3-9-15-20/h1-15,21H,16-17H2,(H,24,25,27)/t21-/m0/s1. The summed E-state index contributed by atoms with van der Waals surface area (Å²) in [5.74, 6) is 0.368. The van der Waals surface area contributed by atoms with E-state index in [-0.39, 0.29) is 11.8 Å². The minimum atomic E-state index is -0.218. The van der Waals surface area contributed by atoms with Gasteiger partial charge < -0.3 is 4.90 Å². The summed E-state index contributed by atoms with van der Waals surface area (Å²) in [6, 6.07) is 29.9. The predicted molar refractivity (Wildman–Crippen MR) is 108 cm³/mol. The van der Waals surface area contributed by atoms with Gasteiger partial charge in [0.15, 0.2) is 0 Å². The van der Waals surface area contributed by atoms with Gasteiger partial charge in [-0.05, 0) is 23.3 Å². The molecule has 134 valence electrons. The second-order valence-electron chi connectivity index (χ2n) is 6.59. The monoisotopic (exact) mass is 355 g/mol. The van der Waals surface area contributed by atoms with Crippen molar-refractivity contribution >= 4 is 17.6 Å². The maximum Gasteiger partial charge on any atom is 0.236 e. The van der Waals surface area contributed by atoms with Crippen molar-refractivity contribution in [3.63, 3.8) is 0 Å². The lowest BCUT2D eigenvalue weighted by molar-refractivity contribution is -0.122. The molecule has 3 aromatic rings. The molecule has 1 atom stereocenters. The van der Waals surface area contributed by atoms with E-state index < -0.39 is 0 Å². The zero-order valence-corrected chi connectivity index (χ0v) is 15.0. The quantitative estimate of drug-likeness (QED) is 0.766. The number of nitrogens with zero attached hydrogens (tertiary/aromatic N) is 2. The molecule has 27 heavy (non-hydrogen) atoms. The van der Waals surface area contributed by atoms with Crippen LogP contribution in [0, 0.1) is 0 Å². The van der Waals surface area contributed by atoms with Crippen LogP contribution >= 0.6 is 0 Å². The fourth-order valence-electron chi connectivity index (χ4n) is 3.27. The number of nitrogens with one attached hydrogen (secondary N) is 1. The molecule has 1 amide bonds. The molecule has 4 nitrogen and oxygen atoms in total. The van der Waals surface area contributed by atoms with Gasteiger partial charge in [-0.2, -0.15) is 0 Å². The van der Waals surface area contributed by atoms with E-state index in [1.807, 2.05) is 78.9 Å². The Morgan fingerprint density at radius 3 is 2.11 bits per heavy atom. The fraction of sp³-hybridized carbons (Fsp3) is 0.130. The number of benzene rings is 3. The number of guanidine groups is 1. The Hall–Kier alpha value is -3.40. The second kappa shape index (κ2) is 7.87. The maximum atomic E-state index is 12.8. The largest absolute Gasteiger partial charge is 0.337 e. The summed E-state index contributed by atoms with van der Waals surface area (Å²) >= 11 is 0. The molecule has 1 saturated heterocycles. The van der Waals surface area contributed by atoms with Crippen LogP contribution in [0.5, 0.6) is 0 Å². The first kappa shape index (κ1) is 17.0. The molecule has 0 saturated carbocycles. The molecule has 0 radical (unpaired) electrons. The molecule has 0 unspecified atom stereocenters. The first-order chi connectivity index (χ1) is 13.3. The number of rotatable bonds is 4. The molecule has 4 heteroatoms. The number of carbonyl (C=O) groups excluding carboxylic acids is 1. The number of amides is 1. The molecule has 0 aliphatic carbocycles. The molecule has 0 spiro atoms. The average Bonchev–Trinajstić information content (AvgIpc) is 2.72. The summed E-state index contributed by atoms with van der Waals surface area (Å²) in [5.41, 5.74) is 3.03. The topological polar surface area (TPSA) is 44.7 Å². The van der Waals surface area contributed by atoms with Crippen molar-refractivity contribution in [1.82, 2.24) is 10.2 Å². The van der Waals surface area contributed by atoms with Crippen LogP contribution < -0.4 is 5.32 Å². The third kappa shape index (κ3) is 4.06. The molecule has 1 heterocycles. The summed E-state index contributed by atoms with van der Waals surface area (Å²) < 4.78 is 0. The molecule has 1 aliphatic rings. The zero-order valence-electron chi connectivity index (χ0n) is 15.0. The molecule has 1 fully saturated rings. The highest BCUT2D eigenvalue weighted by atomic mass is 16.2. The smallest absolute Gasteiger partial charge is 0.236 e. The predicted octanol–water partition coefficient (Wildman–Crippen LogP) is 4.09.